The molecule has 142 valence electrons. The fourth-order valence-corrected chi connectivity index (χ4v) is 2.44. The zero-order valence-electron chi connectivity index (χ0n) is 15.6. The number of esters is 1. The van der Waals surface area contributed by atoms with Crippen LogP contribution < -0.4 is 0 Å². The van der Waals surface area contributed by atoms with Gasteiger partial charge in [-0.2, -0.15) is 4.98 Å². The number of aromatic nitrogens is 4. The second-order valence-corrected chi connectivity index (χ2v) is 6.30. The predicted molar refractivity (Wildman–Crippen MR) is 95.6 cm³/mol. The summed E-state index contributed by atoms with van der Waals surface area (Å²) < 4.78 is 16.1. The monoisotopic (exact) mass is 370 g/mol. The van der Waals surface area contributed by atoms with Crippen molar-refractivity contribution in [3.63, 3.8) is 0 Å². The highest BCUT2D eigenvalue weighted by Gasteiger charge is 2.19. The molecule has 0 radical (unpaired) electrons. The Morgan fingerprint density at radius 1 is 1.19 bits per heavy atom. The Hall–Kier alpha value is -3.03. The smallest absolute Gasteiger partial charge is 0.307 e. The maximum Gasteiger partial charge on any atom is 0.307 e. The van der Waals surface area contributed by atoms with Crippen molar-refractivity contribution in [2.24, 2.45) is 0 Å². The summed E-state index contributed by atoms with van der Waals surface area (Å²) >= 11 is 0. The normalized spacial score (nSPS) is 12.1. The molecule has 1 aromatic carbocycles. The molecule has 0 N–H and O–H groups in total. The van der Waals surface area contributed by atoms with Gasteiger partial charge in [-0.1, -0.05) is 29.8 Å². The van der Waals surface area contributed by atoms with Gasteiger partial charge in [0.2, 0.25) is 11.8 Å². The number of hydrogen-bond acceptors (Lipinski definition) is 8. The Balaban J connectivity index is 1.50. The number of carbonyl (C=O) groups is 1. The molecule has 8 heteroatoms. The van der Waals surface area contributed by atoms with Gasteiger partial charge in [-0.05, 0) is 32.4 Å². The van der Waals surface area contributed by atoms with Crippen molar-refractivity contribution in [1.82, 2.24) is 20.3 Å². The molecule has 8 nitrogen and oxygen atoms in total. The van der Waals surface area contributed by atoms with E-state index in [9.17, 15) is 4.79 Å². The minimum Gasteiger partial charge on any atom is -0.453 e. The van der Waals surface area contributed by atoms with Gasteiger partial charge in [0.15, 0.2) is 11.9 Å². The van der Waals surface area contributed by atoms with Gasteiger partial charge in [0.25, 0.3) is 5.89 Å². The molecular weight excluding hydrogens is 348 g/mol. The van der Waals surface area contributed by atoms with Gasteiger partial charge < -0.3 is 13.7 Å². The molecule has 0 aliphatic rings. The third-order valence-electron chi connectivity index (χ3n) is 3.92. The van der Waals surface area contributed by atoms with Gasteiger partial charge in [0.05, 0.1) is 6.42 Å². The van der Waals surface area contributed by atoms with Crippen molar-refractivity contribution < 1.29 is 18.5 Å². The van der Waals surface area contributed by atoms with Gasteiger partial charge in [0.1, 0.15) is 0 Å². The second kappa shape index (κ2) is 8.57. The van der Waals surface area contributed by atoms with Crippen molar-refractivity contribution in [1.29, 1.82) is 0 Å². The van der Waals surface area contributed by atoms with E-state index in [1.54, 1.807) is 6.92 Å². The molecule has 0 bridgehead atoms. The van der Waals surface area contributed by atoms with Crippen LogP contribution in [-0.4, -0.2) is 26.3 Å². The third-order valence-corrected chi connectivity index (χ3v) is 3.92. The van der Waals surface area contributed by atoms with Crippen LogP contribution in [0.4, 0.5) is 0 Å². The standard InChI is InChI=1S/C19H22N4O4/c1-4-5-15-20-18(27-23-15)13(3)25-17(24)11-10-16-21-22-19(26-16)14-8-6-12(2)7-9-14/h6-9,13H,4-5,10-11H2,1-3H3. The van der Waals surface area contributed by atoms with E-state index >= 15 is 0 Å². The van der Waals surface area contributed by atoms with Crippen molar-refractivity contribution in [3.8, 4) is 11.5 Å². The van der Waals surface area contributed by atoms with E-state index in [1.165, 1.54) is 0 Å². The van der Waals surface area contributed by atoms with E-state index in [0.29, 0.717) is 29.9 Å². The quantitative estimate of drug-likeness (QED) is 0.554. The third kappa shape index (κ3) is 4.99. The van der Waals surface area contributed by atoms with Crippen LogP contribution in [0, 0.1) is 6.92 Å². The lowest BCUT2D eigenvalue weighted by Gasteiger charge is -2.08. The zero-order valence-corrected chi connectivity index (χ0v) is 15.6. The summed E-state index contributed by atoms with van der Waals surface area (Å²) in [7, 11) is 0. The molecule has 0 saturated heterocycles. The molecule has 3 rings (SSSR count). The Labute approximate surface area is 156 Å². The lowest BCUT2D eigenvalue weighted by Crippen LogP contribution is -2.10. The molecule has 0 spiro atoms. The summed E-state index contributed by atoms with van der Waals surface area (Å²) in [5, 5.41) is 11.9. The van der Waals surface area contributed by atoms with Crippen molar-refractivity contribution in [2.45, 2.75) is 52.6 Å². The maximum absolute atomic E-state index is 12.0. The number of aryl methyl sites for hydroxylation is 3. The molecule has 1 atom stereocenters. The summed E-state index contributed by atoms with van der Waals surface area (Å²) in [6, 6.07) is 7.78. The highest BCUT2D eigenvalue weighted by molar-refractivity contribution is 5.69. The molecule has 0 aliphatic carbocycles. The number of benzene rings is 1. The van der Waals surface area contributed by atoms with Crippen LogP contribution in [0.3, 0.4) is 0 Å². The zero-order chi connectivity index (χ0) is 19.2. The predicted octanol–water partition coefficient (Wildman–Crippen LogP) is 3.62. The Bertz CT molecular complexity index is 885. The van der Waals surface area contributed by atoms with Gasteiger partial charge in [0, 0.05) is 18.4 Å². The van der Waals surface area contributed by atoms with E-state index in [0.717, 1.165) is 24.0 Å². The van der Waals surface area contributed by atoms with Gasteiger partial charge in [-0.3, -0.25) is 4.79 Å². The highest BCUT2D eigenvalue weighted by atomic mass is 16.6. The Morgan fingerprint density at radius 2 is 1.96 bits per heavy atom. The molecule has 0 aliphatic heterocycles. The van der Waals surface area contributed by atoms with Crippen LogP contribution >= 0.6 is 0 Å². The number of rotatable bonds is 8. The molecule has 0 amide bonds. The fraction of sp³-hybridized carbons (Fsp3) is 0.421. The Kier molecular flexibility index (Phi) is 5.95. The number of ether oxygens (including phenoxy) is 1. The van der Waals surface area contributed by atoms with Gasteiger partial charge in [-0.15, -0.1) is 10.2 Å². The van der Waals surface area contributed by atoms with E-state index < -0.39 is 12.1 Å². The average Bonchev–Trinajstić information content (AvgIpc) is 3.31. The van der Waals surface area contributed by atoms with E-state index in [-0.39, 0.29) is 6.42 Å². The topological polar surface area (TPSA) is 104 Å². The van der Waals surface area contributed by atoms with Crippen molar-refractivity contribution >= 4 is 5.97 Å². The minimum atomic E-state index is -0.596. The van der Waals surface area contributed by atoms with Crippen LogP contribution in [0.25, 0.3) is 11.5 Å². The largest absolute Gasteiger partial charge is 0.453 e. The van der Waals surface area contributed by atoms with E-state index in [2.05, 4.69) is 20.3 Å². The molecule has 27 heavy (non-hydrogen) atoms. The number of nitrogens with zero attached hydrogens (tertiary/aromatic N) is 4. The fourth-order valence-electron chi connectivity index (χ4n) is 2.44. The van der Waals surface area contributed by atoms with E-state index in [1.807, 2.05) is 38.1 Å². The molecule has 0 saturated carbocycles. The molecular formula is C19H22N4O4. The van der Waals surface area contributed by atoms with Crippen LogP contribution in [0.15, 0.2) is 33.2 Å². The van der Waals surface area contributed by atoms with Crippen molar-refractivity contribution in [2.75, 3.05) is 0 Å². The first-order valence-electron chi connectivity index (χ1n) is 8.96. The summed E-state index contributed by atoms with van der Waals surface area (Å²) in [5.74, 6) is 1.34. The first-order chi connectivity index (χ1) is 13.0. The molecule has 2 heterocycles. The minimum absolute atomic E-state index is 0.121. The lowest BCUT2D eigenvalue weighted by atomic mass is 10.1. The van der Waals surface area contributed by atoms with Gasteiger partial charge >= 0.3 is 5.97 Å². The highest BCUT2D eigenvalue weighted by Crippen LogP contribution is 2.20. The molecule has 2 aromatic heterocycles. The molecule has 0 fully saturated rings. The second-order valence-electron chi connectivity index (χ2n) is 6.30. The first-order valence-corrected chi connectivity index (χ1v) is 8.96. The number of carbonyl (C=O) groups excluding carboxylic acids is 1. The SMILES string of the molecule is CCCc1noc(C(C)OC(=O)CCc2nnc(-c3ccc(C)cc3)o2)n1. The average molecular weight is 370 g/mol. The first kappa shape index (κ1) is 18.8. The summed E-state index contributed by atoms with van der Waals surface area (Å²) in [4.78, 5) is 16.3. The van der Waals surface area contributed by atoms with Crippen LogP contribution in [0.1, 0.15) is 56.0 Å². The summed E-state index contributed by atoms with van der Waals surface area (Å²) in [6.07, 6.45) is 1.47. The van der Waals surface area contributed by atoms with E-state index in [4.69, 9.17) is 13.7 Å². The van der Waals surface area contributed by atoms with Crippen molar-refractivity contribution in [3.05, 3.63) is 47.4 Å². The number of hydrogen-bond donors (Lipinski definition) is 0. The lowest BCUT2D eigenvalue weighted by molar-refractivity contribution is -0.149. The van der Waals surface area contributed by atoms with Crippen LogP contribution in [0.2, 0.25) is 0 Å². The maximum atomic E-state index is 12.0. The molecule has 3 aromatic rings. The Morgan fingerprint density at radius 3 is 2.70 bits per heavy atom. The van der Waals surface area contributed by atoms with Gasteiger partial charge in [-0.25, -0.2) is 0 Å². The molecule has 1 unspecified atom stereocenters. The van der Waals surface area contributed by atoms with Crippen LogP contribution in [0.5, 0.6) is 0 Å². The summed E-state index contributed by atoms with van der Waals surface area (Å²) in [6.45, 7) is 5.74. The summed E-state index contributed by atoms with van der Waals surface area (Å²) in [5.41, 5.74) is 1.99. The van der Waals surface area contributed by atoms with Crippen LogP contribution in [-0.2, 0) is 22.4 Å².